The van der Waals surface area contributed by atoms with E-state index in [0.29, 0.717) is 9.90 Å². The fourth-order valence-electron chi connectivity index (χ4n) is 4.77. The number of fused-ring (bicyclic) bond motifs is 1. The molecule has 7 heteroatoms. The molecule has 4 nitrogen and oxygen atoms in total. The molecule has 2 aromatic carbocycles. The number of thiazole rings is 1. The zero-order valence-electron chi connectivity index (χ0n) is 18.4. The van der Waals surface area contributed by atoms with Gasteiger partial charge >= 0.3 is 0 Å². The first kappa shape index (κ1) is 22.3. The first-order chi connectivity index (χ1) is 15.9. The van der Waals surface area contributed by atoms with Crippen LogP contribution in [-0.4, -0.2) is 16.5 Å². The number of carbonyl (C=O) groups is 1. The first-order valence-corrected chi connectivity index (χ1v) is 12.6. The van der Waals surface area contributed by atoms with Gasteiger partial charge in [-0.1, -0.05) is 70.9 Å². The van der Waals surface area contributed by atoms with E-state index in [2.05, 4.69) is 12.1 Å². The number of ketones is 1. The van der Waals surface area contributed by atoms with Crippen LogP contribution in [0.2, 0.25) is 10.0 Å². The van der Waals surface area contributed by atoms with E-state index >= 15 is 0 Å². The van der Waals surface area contributed by atoms with E-state index in [-0.39, 0.29) is 17.7 Å². The highest BCUT2D eigenvalue weighted by Crippen LogP contribution is 2.48. The van der Waals surface area contributed by atoms with E-state index in [4.69, 9.17) is 33.3 Å². The van der Waals surface area contributed by atoms with Crippen LogP contribution >= 0.6 is 34.5 Å². The van der Waals surface area contributed by atoms with Crippen molar-refractivity contribution in [1.82, 2.24) is 4.98 Å². The van der Waals surface area contributed by atoms with E-state index in [1.807, 2.05) is 54.4 Å². The summed E-state index contributed by atoms with van der Waals surface area (Å²) in [5, 5.41) is 9.27. The molecule has 0 amide bonds. The van der Waals surface area contributed by atoms with Gasteiger partial charge in [0.05, 0.1) is 22.3 Å². The van der Waals surface area contributed by atoms with Crippen molar-refractivity contribution >= 4 is 57.2 Å². The summed E-state index contributed by atoms with van der Waals surface area (Å²) in [7, 11) is 0. The molecule has 1 saturated carbocycles. The lowest BCUT2D eigenvalue weighted by molar-refractivity contribution is 0.102. The number of anilines is 1. The first-order valence-electron chi connectivity index (χ1n) is 11.0. The number of aryl methyl sites for hydroxylation is 1. The molecule has 1 fully saturated rings. The molecule has 0 radical (unpaired) electrons. The van der Waals surface area contributed by atoms with Gasteiger partial charge in [0.15, 0.2) is 5.78 Å². The summed E-state index contributed by atoms with van der Waals surface area (Å²) in [6.07, 6.45) is 5.17. The van der Waals surface area contributed by atoms with Crippen LogP contribution in [0.3, 0.4) is 0 Å². The highest BCUT2D eigenvalue weighted by molar-refractivity contribution is 7.17. The SMILES string of the molecule is CC(=O)c1sc(N2N=C3/C(=C/c4ccccc4Cl)CCCC3C2c2ccccc2Cl)nc1C. The largest absolute Gasteiger partial charge is 0.294 e. The van der Waals surface area contributed by atoms with Crippen molar-refractivity contribution in [3.05, 3.63) is 85.8 Å². The molecule has 2 unspecified atom stereocenters. The van der Waals surface area contributed by atoms with Gasteiger partial charge in [-0.05, 0) is 61.1 Å². The van der Waals surface area contributed by atoms with Crippen molar-refractivity contribution in [2.24, 2.45) is 11.0 Å². The molecular formula is C26H23Cl2N3OS. The molecule has 1 aromatic heterocycles. The van der Waals surface area contributed by atoms with E-state index in [9.17, 15) is 4.79 Å². The summed E-state index contributed by atoms with van der Waals surface area (Å²) in [5.41, 5.74) is 5.01. The number of rotatable bonds is 4. The van der Waals surface area contributed by atoms with Crippen LogP contribution in [-0.2, 0) is 0 Å². The molecule has 0 N–H and O–H groups in total. The summed E-state index contributed by atoms with van der Waals surface area (Å²) < 4.78 is 0. The molecule has 0 bridgehead atoms. The van der Waals surface area contributed by atoms with Crippen LogP contribution in [0.4, 0.5) is 5.13 Å². The molecule has 5 rings (SSSR count). The molecule has 1 aliphatic heterocycles. The number of halogens is 2. The molecule has 2 heterocycles. The Hall–Kier alpha value is -2.47. The molecule has 33 heavy (non-hydrogen) atoms. The van der Waals surface area contributed by atoms with Crippen LogP contribution in [0.15, 0.2) is 59.2 Å². The Bertz CT molecular complexity index is 1300. The standard InChI is InChI=1S/C26H23Cl2N3OS/c1-15-25(16(2)32)33-26(29-15)31-24(19-10-4-6-13-22(19)28)20-11-7-9-18(23(20)30-31)14-17-8-3-5-12-21(17)27/h3-6,8,10,12-14,20,24H,7,9,11H2,1-2H3/b18-14+. The third-order valence-electron chi connectivity index (χ3n) is 6.26. The zero-order chi connectivity index (χ0) is 23.1. The van der Waals surface area contributed by atoms with Gasteiger partial charge in [0.1, 0.15) is 0 Å². The minimum absolute atomic E-state index is 0.0223. The second-order valence-corrected chi connectivity index (χ2v) is 10.2. The maximum absolute atomic E-state index is 12.1. The maximum Gasteiger partial charge on any atom is 0.207 e. The van der Waals surface area contributed by atoms with Crippen molar-refractivity contribution in [3.63, 3.8) is 0 Å². The van der Waals surface area contributed by atoms with E-state index < -0.39 is 0 Å². The Labute approximate surface area is 207 Å². The molecule has 0 saturated heterocycles. The molecule has 3 aromatic rings. The second-order valence-electron chi connectivity index (χ2n) is 8.45. The highest BCUT2D eigenvalue weighted by Gasteiger charge is 2.43. The number of hydrogen-bond donors (Lipinski definition) is 0. The number of nitrogens with zero attached hydrogens (tertiary/aromatic N) is 3. The monoisotopic (exact) mass is 495 g/mol. The van der Waals surface area contributed by atoms with Gasteiger partial charge in [-0.25, -0.2) is 9.99 Å². The number of Topliss-reactive ketones (excluding diaryl/α,β-unsaturated/α-hetero) is 1. The van der Waals surface area contributed by atoms with Crippen molar-refractivity contribution in [3.8, 4) is 0 Å². The molecule has 0 spiro atoms. The average molecular weight is 496 g/mol. The average Bonchev–Trinajstić information content (AvgIpc) is 3.37. The molecule has 1 aliphatic carbocycles. The molecular weight excluding hydrogens is 473 g/mol. The molecule has 2 aliphatic rings. The van der Waals surface area contributed by atoms with E-state index in [0.717, 1.165) is 51.9 Å². The van der Waals surface area contributed by atoms with Gasteiger partial charge in [0.2, 0.25) is 5.13 Å². The van der Waals surface area contributed by atoms with Gasteiger partial charge in [0.25, 0.3) is 0 Å². The highest BCUT2D eigenvalue weighted by atomic mass is 35.5. The van der Waals surface area contributed by atoms with Crippen LogP contribution in [0.5, 0.6) is 0 Å². The lowest BCUT2D eigenvalue weighted by atomic mass is 9.77. The predicted octanol–water partition coefficient (Wildman–Crippen LogP) is 7.76. The Morgan fingerprint density at radius 2 is 1.85 bits per heavy atom. The van der Waals surface area contributed by atoms with Crippen molar-refractivity contribution < 1.29 is 4.79 Å². The topological polar surface area (TPSA) is 45.6 Å². The van der Waals surface area contributed by atoms with Crippen LogP contribution < -0.4 is 5.01 Å². The van der Waals surface area contributed by atoms with E-state index in [1.54, 1.807) is 6.92 Å². The Morgan fingerprint density at radius 1 is 1.12 bits per heavy atom. The third-order valence-corrected chi connectivity index (χ3v) is 8.20. The minimum Gasteiger partial charge on any atom is -0.294 e. The van der Waals surface area contributed by atoms with Crippen molar-refractivity contribution in [1.29, 1.82) is 0 Å². The quantitative estimate of drug-likeness (QED) is 0.347. The summed E-state index contributed by atoms with van der Waals surface area (Å²) >= 11 is 14.5. The normalized spacial score (nSPS) is 21.3. The second kappa shape index (κ2) is 9.05. The predicted molar refractivity (Wildman–Crippen MR) is 138 cm³/mol. The number of allylic oxidation sites excluding steroid dienone is 1. The fourth-order valence-corrected chi connectivity index (χ4v) is 6.16. The summed E-state index contributed by atoms with van der Waals surface area (Å²) in [6, 6.07) is 15.7. The summed E-state index contributed by atoms with van der Waals surface area (Å²) in [6.45, 7) is 3.45. The molecule has 168 valence electrons. The van der Waals surface area contributed by atoms with Crippen molar-refractivity contribution in [2.45, 2.75) is 39.2 Å². The zero-order valence-corrected chi connectivity index (χ0v) is 20.7. The number of benzene rings is 2. The number of carbonyl (C=O) groups excluding carboxylic acids is 1. The Morgan fingerprint density at radius 3 is 2.55 bits per heavy atom. The maximum atomic E-state index is 12.1. The molecule has 2 atom stereocenters. The Kier molecular flexibility index (Phi) is 6.12. The van der Waals surface area contributed by atoms with Gasteiger partial charge in [-0.2, -0.15) is 5.10 Å². The van der Waals surface area contributed by atoms with Gasteiger partial charge in [-0.3, -0.25) is 4.79 Å². The Balaban J connectivity index is 1.64. The number of hydrazone groups is 1. The van der Waals surface area contributed by atoms with Gasteiger partial charge in [0, 0.05) is 22.9 Å². The minimum atomic E-state index is -0.0750. The van der Waals surface area contributed by atoms with E-state index in [1.165, 1.54) is 16.9 Å². The fraction of sp³-hybridized carbons (Fsp3) is 0.269. The van der Waals surface area contributed by atoms with Crippen LogP contribution in [0.1, 0.15) is 58.7 Å². The van der Waals surface area contributed by atoms with Crippen molar-refractivity contribution in [2.75, 3.05) is 5.01 Å². The van der Waals surface area contributed by atoms with Crippen LogP contribution in [0, 0.1) is 12.8 Å². The van der Waals surface area contributed by atoms with Gasteiger partial charge in [-0.15, -0.1) is 0 Å². The number of aromatic nitrogens is 1. The van der Waals surface area contributed by atoms with Crippen LogP contribution in [0.25, 0.3) is 6.08 Å². The van der Waals surface area contributed by atoms with Gasteiger partial charge < -0.3 is 0 Å². The smallest absolute Gasteiger partial charge is 0.207 e. The lowest BCUT2D eigenvalue weighted by Crippen LogP contribution is -2.28. The third kappa shape index (κ3) is 4.14. The number of hydrogen-bond acceptors (Lipinski definition) is 5. The summed E-state index contributed by atoms with van der Waals surface area (Å²) in [5.74, 6) is 0.200. The lowest BCUT2D eigenvalue weighted by Gasteiger charge is -2.30. The summed E-state index contributed by atoms with van der Waals surface area (Å²) in [4.78, 5) is 17.5.